The van der Waals surface area contributed by atoms with Crippen molar-refractivity contribution in [3.8, 4) is 11.5 Å². The summed E-state index contributed by atoms with van der Waals surface area (Å²) in [6, 6.07) is 21.3. The maximum Gasteiger partial charge on any atom is 0.194 e. The van der Waals surface area contributed by atoms with Crippen molar-refractivity contribution in [2.24, 2.45) is 0 Å². The van der Waals surface area contributed by atoms with Crippen LogP contribution in [-0.2, 0) is 0 Å². The zero-order valence-corrected chi connectivity index (χ0v) is 13.5. The molecule has 0 heterocycles. The van der Waals surface area contributed by atoms with Crippen LogP contribution in [0.5, 0.6) is 11.5 Å². The van der Waals surface area contributed by atoms with E-state index in [1.807, 2.05) is 36.4 Å². The first-order valence-corrected chi connectivity index (χ1v) is 7.72. The summed E-state index contributed by atoms with van der Waals surface area (Å²) in [5.41, 5.74) is 0.908. The van der Waals surface area contributed by atoms with Gasteiger partial charge in [0, 0.05) is 17.2 Å². The molecule has 0 amide bonds. The Balaban J connectivity index is 1.93. The molecular formula is C19H12Cl2O2. The summed E-state index contributed by atoms with van der Waals surface area (Å²) >= 11 is 12.5. The van der Waals surface area contributed by atoms with Crippen molar-refractivity contribution in [3.63, 3.8) is 0 Å². The Morgan fingerprint density at radius 1 is 0.783 bits per heavy atom. The van der Waals surface area contributed by atoms with Gasteiger partial charge in [-0.2, -0.15) is 0 Å². The Kier molecular flexibility index (Phi) is 4.65. The average Bonchev–Trinajstić information content (AvgIpc) is 2.59. The monoisotopic (exact) mass is 342 g/mol. The number of ketones is 1. The molecule has 0 aliphatic rings. The normalized spacial score (nSPS) is 10.3. The molecule has 0 aliphatic carbocycles. The highest BCUT2D eigenvalue weighted by atomic mass is 35.5. The third kappa shape index (κ3) is 3.55. The average molecular weight is 343 g/mol. The minimum atomic E-state index is -0.177. The van der Waals surface area contributed by atoms with Crippen LogP contribution in [0.4, 0.5) is 0 Å². The summed E-state index contributed by atoms with van der Waals surface area (Å²) < 4.78 is 5.70. The van der Waals surface area contributed by atoms with E-state index in [4.69, 9.17) is 27.9 Å². The Bertz CT molecular complexity index is 831. The zero-order chi connectivity index (χ0) is 16.2. The molecule has 2 nitrogen and oxygen atoms in total. The second-order valence-electron chi connectivity index (χ2n) is 4.87. The van der Waals surface area contributed by atoms with Crippen molar-refractivity contribution in [1.82, 2.24) is 0 Å². The van der Waals surface area contributed by atoms with Crippen LogP contribution in [0.1, 0.15) is 15.9 Å². The first-order valence-electron chi connectivity index (χ1n) is 6.97. The number of carbonyl (C=O) groups excluding carboxylic acids is 1. The maximum atomic E-state index is 12.5. The zero-order valence-electron chi connectivity index (χ0n) is 12.0. The van der Waals surface area contributed by atoms with Gasteiger partial charge in [0.05, 0.1) is 10.0 Å². The van der Waals surface area contributed by atoms with Crippen molar-refractivity contribution in [1.29, 1.82) is 0 Å². The van der Waals surface area contributed by atoms with Crippen LogP contribution in [0, 0.1) is 0 Å². The molecule has 0 aliphatic heterocycles. The van der Waals surface area contributed by atoms with Gasteiger partial charge in [-0.15, -0.1) is 0 Å². The summed E-state index contributed by atoms with van der Waals surface area (Å²) in [6.07, 6.45) is 0. The van der Waals surface area contributed by atoms with Crippen LogP contribution >= 0.6 is 23.2 Å². The first-order chi connectivity index (χ1) is 11.1. The molecular weight excluding hydrogens is 331 g/mol. The number of hydrogen-bond acceptors (Lipinski definition) is 2. The van der Waals surface area contributed by atoms with Gasteiger partial charge in [0.25, 0.3) is 0 Å². The van der Waals surface area contributed by atoms with Gasteiger partial charge in [0.1, 0.15) is 11.5 Å². The van der Waals surface area contributed by atoms with Crippen molar-refractivity contribution in [2.75, 3.05) is 0 Å². The van der Waals surface area contributed by atoms with E-state index in [9.17, 15) is 4.79 Å². The minimum Gasteiger partial charge on any atom is -0.456 e. The molecule has 3 rings (SSSR count). The molecule has 0 atom stereocenters. The quantitative estimate of drug-likeness (QED) is 0.542. The molecule has 0 radical (unpaired) electrons. The fourth-order valence-electron chi connectivity index (χ4n) is 2.14. The summed E-state index contributed by atoms with van der Waals surface area (Å²) in [5.74, 6) is 0.879. The van der Waals surface area contributed by atoms with E-state index in [1.54, 1.807) is 30.3 Å². The van der Waals surface area contributed by atoms with Gasteiger partial charge in [-0.3, -0.25) is 4.79 Å². The molecule has 3 aromatic carbocycles. The maximum absolute atomic E-state index is 12.5. The fraction of sp³-hybridized carbons (Fsp3) is 0. The summed E-state index contributed by atoms with van der Waals surface area (Å²) in [5, 5.41) is 0.631. The number of benzene rings is 3. The van der Waals surface area contributed by atoms with Gasteiger partial charge in [-0.05, 0) is 18.2 Å². The van der Waals surface area contributed by atoms with Gasteiger partial charge in [0.15, 0.2) is 5.78 Å². The van der Waals surface area contributed by atoms with Crippen molar-refractivity contribution in [2.45, 2.75) is 0 Å². The summed E-state index contributed by atoms with van der Waals surface area (Å²) in [6.45, 7) is 0. The number of rotatable bonds is 4. The molecule has 0 saturated carbocycles. The molecule has 0 spiro atoms. The molecule has 3 aromatic rings. The van der Waals surface area contributed by atoms with Crippen molar-refractivity contribution in [3.05, 3.63) is 94.0 Å². The topological polar surface area (TPSA) is 26.3 Å². The van der Waals surface area contributed by atoms with Crippen LogP contribution in [0.15, 0.2) is 72.8 Å². The molecule has 114 valence electrons. The van der Waals surface area contributed by atoms with E-state index in [1.165, 1.54) is 6.07 Å². The smallest absolute Gasteiger partial charge is 0.194 e. The Hall–Kier alpha value is -2.29. The number of para-hydroxylation sites is 1. The van der Waals surface area contributed by atoms with E-state index in [0.29, 0.717) is 32.7 Å². The third-order valence-electron chi connectivity index (χ3n) is 3.27. The third-order valence-corrected chi connectivity index (χ3v) is 3.88. The minimum absolute atomic E-state index is 0.177. The molecule has 0 aromatic heterocycles. The lowest BCUT2D eigenvalue weighted by atomic mass is 10.0. The lowest BCUT2D eigenvalue weighted by Gasteiger charge is -2.11. The summed E-state index contributed by atoms with van der Waals surface area (Å²) in [7, 11) is 0. The van der Waals surface area contributed by atoms with E-state index in [0.717, 1.165) is 0 Å². The van der Waals surface area contributed by atoms with E-state index in [-0.39, 0.29) is 5.78 Å². The standard InChI is InChI=1S/C19H12Cl2O2/c20-16-12-18(23-14-9-5-2-6-10-14)17(21)11-15(16)19(22)13-7-3-1-4-8-13/h1-12H. The number of halogens is 2. The molecule has 0 saturated heterocycles. The van der Waals surface area contributed by atoms with E-state index in [2.05, 4.69) is 0 Å². The second kappa shape index (κ2) is 6.86. The fourth-order valence-corrected chi connectivity index (χ4v) is 2.58. The number of hydrogen-bond donors (Lipinski definition) is 0. The highest BCUT2D eigenvalue weighted by Crippen LogP contribution is 2.35. The lowest BCUT2D eigenvalue weighted by Crippen LogP contribution is -2.02. The molecule has 23 heavy (non-hydrogen) atoms. The lowest BCUT2D eigenvalue weighted by molar-refractivity contribution is 0.103. The molecule has 4 heteroatoms. The van der Waals surface area contributed by atoms with Crippen LogP contribution in [0.25, 0.3) is 0 Å². The summed E-state index contributed by atoms with van der Waals surface area (Å²) in [4.78, 5) is 12.5. The second-order valence-corrected chi connectivity index (χ2v) is 5.69. The van der Waals surface area contributed by atoms with Gasteiger partial charge in [0.2, 0.25) is 0 Å². The van der Waals surface area contributed by atoms with Gasteiger partial charge in [-0.25, -0.2) is 0 Å². The molecule has 0 bridgehead atoms. The Morgan fingerprint density at radius 3 is 2.04 bits per heavy atom. The van der Waals surface area contributed by atoms with Crippen LogP contribution in [0.3, 0.4) is 0 Å². The Labute approximate surface area is 144 Å². The predicted octanol–water partition coefficient (Wildman–Crippen LogP) is 6.02. The highest BCUT2D eigenvalue weighted by molar-refractivity contribution is 6.37. The van der Waals surface area contributed by atoms with Crippen LogP contribution in [0.2, 0.25) is 10.0 Å². The van der Waals surface area contributed by atoms with Gasteiger partial charge in [-0.1, -0.05) is 71.7 Å². The van der Waals surface area contributed by atoms with E-state index >= 15 is 0 Å². The molecule has 0 unspecified atom stereocenters. The van der Waals surface area contributed by atoms with Crippen LogP contribution < -0.4 is 4.74 Å². The van der Waals surface area contributed by atoms with Crippen molar-refractivity contribution >= 4 is 29.0 Å². The largest absolute Gasteiger partial charge is 0.456 e. The number of ether oxygens (including phenoxy) is 1. The van der Waals surface area contributed by atoms with Gasteiger partial charge >= 0.3 is 0 Å². The molecule has 0 N–H and O–H groups in total. The van der Waals surface area contributed by atoms with E-state index < -0.39 is 0 Å². The molecule has 0 fully saturated rings. The van der Waals surface area contributed by atoms with Crippen LogP contribution in [-0.4, -0.2) is 5.78 Å². The Morgan fingerprint density at radius 2 is 1.39 bits per heavy atom. The van der Waals surface area contributed by atoms with Crippen molar-refractivity contribution < 1.29 is 9.53 Å². The number of carbonyl (C=O) groups is 1. The first kappa shape index (κ1) is 15.6. The SMILES string of the molecule is O=C(c1ccccc1)c1cc(Cl)c(Oc2ccccc2)cc1Cl. The van der Waals surface area contributed by atoms with Gasteiger partial charge < -0.3 is 4.74 Å². The predicted molar refractivity (Wildman–Crippen MR) is 92.9 cm³/mol. The highest BCUT2D eigenvalue weighted by Gasteiger charge is 2.16.